The molecule has 2 heterocycles. The minimum absolute atomic E-state index is 0.122. The largest absolute Gasteiger partial charge is 0.494 e. The van der Waals surface area contributed by atoms with Crippen LogP contribution in [0.1, 0.15) is 39.5 Å². The molecule has 5 nitrogen and oxygen atoms in total. The second kappa shape index (κ2) is 7.94. The van der Waals surface area contributed by atoms with Crippen molar-refractivity contribution in [3.63, 3.8) is 0 Å². The number of benzene rings is 1. The van der Waals surface area contributed by atoms with E-state index in [-0.39, 0.29) is 12.0 Å². The fourth-order valence-electron chi connectivity index (χ4n) is 2.89. The van der Waals surface area contributed by atoms with Gasteiger partial charge in [-0.05, 0) is 44.4 Å². The standard InChI is InChI=1S/C18H24N2O3S/c1-3-6-17(21)20(12-14-7-5-10-23-14)18-19-15-9-8-13(22-4-2)11-16(15)24-18/h8-9,11,14H,3-7,10,12H2,1-2H3. The van der Waals surface area contributed by atoms with Gasteiger partial charge in [-0.2, -0.15) is 0 Å². The quantitative estimate of drug-likeness (QED) is 0.759. The van der Waals surface area contributed by atoms with Gasteiger partial charge in [0.2, 0.25) is 5.91 Å². The Bertz CT molecular complexity index is 695. The summed E-state index contributed by atoms with van der Waals surface area (Å²) in [6.07, 6.45) is 3.57. The molecule has 24 heavy (non-hydrogen) atoms. The van der Waals surface area contributed by atoms with Crippen LogP contribution in [0.5, 0.6) is 5.75 Å². The molecule has 1 unspecified atom stereocenters. The molecular weight excluding hydrogens is 324 g/mol. The molecule has 1 aliphatic rings. The third-order valence-corrected chi connectivity index (χ3v) is 5.11. The minimum atomic E-state index is 0.122. The summed E-state index contributed by atoms with van der Waals surface area (Å²) < 4.78 is 12.3. The molecule has 1 atom stereocenters. The third kappa shape index (κ3) is 3.87. The van der Waals surface area contributed by atoms with Crippen LogP contribution in [0.25, 0.3) is 10.2 Å². The predicted molar refractivity (Wildman–Crippen MR) is 97.0 cm³/mol. The number of amides is 1. The Morgan fingerprint density at radius 2 is 2.33 bits per heavy atom. The maximum Gasteiger partial charge on any atom is 0.228 e. The smallest absolute Gasteiger partial charge is 0.228 e. The predicted octanol–water partition coefficient (Wildman–Crippen LogP) is 4.01. The van der Waals surface area contributed by atoms with Gasteiger partial charge < -0.3 is 9.47 Å². The zero-order valence-electron chi connectivity index (χ0n) is 14.3. The number of nitrogens with zero attached hydrogens (tertiary/aromatic N) is 2. The first-order valence-corrected chi connectivity index (χ1v) is 9.48. The van der Waals surface area contributed by atoms with Gasteiger partial charge in [0.05, 0.1) is 29.5 Å². The van der Waals surface area contributed by atoms with Crippen LogP contribution in [-0.4, -0.2) is 36.8 Å². The van der Waals surface area contributed by atoms with Crippen LogP contribution in [0.3, 0.4) is 0 Å². The Labute approximate surface area is 146 Å². The Morgan fingerprint density at radius 3 is 3.04 bits per heavy atom. The molecule has 3 rings (SSSR count). The second-order valence-electron chi connectivity index (χ2n) is 5.95. The molecule has 0 saturated carbocycles. The molecule has 1 amide bonds. The van der Waals surface area contributed by atoms with E-state index in [9.17, 15) is 4.79 Å². The zero-order valence-corrected chi connectivity index (χ0v) is 15.1. The number of fused-ring (bicyclic) bond motifs is 1. The van der Waals surface area contributed by atoms with E-state index in [0.717, 1.165) is 47.0 Å². The van der Waals surface area contributed by atoms with Crippen LogP contribution < -0.4 is 9.64 Å². The summed E-state index contributed by atoms with van der Waals surface area (Å²) in [6, 6.07) is 5.87. The lowest BCUT2D eigenvalue weighted by atomic mass is 10.2. The molecule has 0 aliphatic carbocycles. The number of thiazole rings is 1. The van der Waals surface area contributed by atoms with E-state index in [1.165, 1.54) is 0 Å². The number of hydrogen-bond donors (Lipinski definition) is 0. The molecule has 0 radical (unpaired) electrons. The van der Waals surface area contributed by atoms with E-state index in [1.807, 2.05) is 36.9 Å². The molecule has 0 bridgehead atoms. The first kappa shape index (κ1) is 17.2. The lowest BCUT2D eigenvalue weighted by molar-refractivity contribution is -0.119. The fraction of sp³-hybridized carbons (Fsp3) is 0.556. The van der Waals surface area contributed by atoms with Crippen molar-refractivity contribution >= 4 is 32.6 Å². The molecule has 1 aromatic heterocycles. The van der Waals surface area contributed by atoms with Crippen LogP contribution in [0.2, 0.25) is 0 Å². The third-order valence-electron chi connectivity index (χ3n) is 4.07. The van der Waals surface area contributed by atoms with E-state index in [2.05, 4.69) is 4.98 Å². The number of anilines is 1. The SMILES string of the molecule is CCCC(=O)N(CC1CCCO1)c1nc2ccc(OCC)cc2s1. The van der Waals surface area contributed by atoms with Gasteiger partial charge in [-0.25, -0.2) is 4.98 Å². The highest BCUT2D eigenvalue weighted by atomic mass is 32.1. The Hall–Kier alpha value is -1.66. The second-order valence-corrected chi connectivity index (χ2v) is 6.96. The summed E-state index contributed by atoms with van der Waals surface area (Å²) >= 11 is 1.54. The average Bonchev–Trinajstić information content (AvgIpc) is 3.21. The number of carbonyl (C=O) groups is 1. The van der Waals surface area contributed by atoms with Crippen LogP contribution >= 0.6 is 11.3 Å². The summed E-state index contributed by atoms with van der Waals surface area (Å²) in [7, 11) is 0. The monoisotopic (exact) mass is 348 g/mol. The van der Waals surface area contributed by atoms with Crippen molar-refractivity contribution < 1.29 is 14.3 Å². The highest BCUT2D eigenvalue weighted by Gasteiger charge is 2.25. The molecule has 1 aromatic carbocycles. The topological polar surface area (TPSA) is 51.7 Å². The van der Waals surface area contributed by atoms with E-state index >= 15 is 0 Å². The molecule has 0 spiro atoms. The van der Waals surface area contributed by atoms with Crippen LogP contribution in [0, 0.1) is 0 Å². The molecule has 1 fully saturated rings. The van der Waals surface area contributed by atoms with Gasteiger partial charge in [0, 0.05) is 13.0 Å². The van der Waals surface area contributed by atoms with Gasteiger partial charge >= 0.3 is 0 Å². The normalized spacial score (nSPS) is 17.3. The first-order chi connectivity index (χ1) is 11.7. The number of carbonyl (C=O) groups excluding carboxylic acids is 1. The van der Waals surface area contributed by atoms with Gasteiger partial charge in [0.15, 0.2) is 5.13 Å². The summed E-state index contributed by atoms with van der Waals surface area (Å²) in [5.74, 6) is 0.961. The molecule has 6 heteroatoms. The summed E-state index contributed by atoms with van der Waals surface area (Å²) in [5.41, 5.74) is 0.903. The molecular formula is C18H24N2O3S. The number of aromatic nitrogens is 1. The molecule has 0 N–H and O–H groups in total. The summed E-state index contributed by atoms with van der Waals surface area (Å²) in [4.78, 5) is 19.1. The van der Waals surface area contributed by atoms with E-state index in [4.69, 9.17) is 9.47 Å². The molecule has 1 saturated heterocycles. The van der Waals surface area contributed by atoms with E-state index in [1.54, 1.807) is 11.3 Å². The fourth-order valence-corrected chi connectivity index (χ4v) is 3.91. The van der Waals surface area contributed by atoms with Crippen molar-refractivity contribution in [3.05, 3.63) is 18.2 Å². The highest BCUT2D eigenvalue weighted by Crippen LogP contribution is 2.32. The number of rotatable bonds is 7. The van der Waals surface area contributed by atoms with Crippen molar-refractivity contribution in [2.45, 2.75) is 45.6 Å². The van der Waals surface area contributed by atoms with Gasteiger partial charge in [-0.15, -0.1) is 0 Å². The van der Waals surface area contributed by atoms with Crippen molar-refractivity contribution in [2.75, 3.05) is 24.7 Å². The number of hydrogen-bond acceptors (Lipinski definition) is 5. The maximum absolute atomic E-state index is 12.6. The Morgan fingerprint density at radius 1 is 1.46 bits per heavy atom. The van der Waals surface area contributed by atoms with E-state index < -0.39 is 0 Å². The highest BCUT2D eigenvalue weighted by molar-refractivity contribution is 7.22. The van der Waals surface area contributed by atoms with Gasteiger partial charge in [0.25, 0.3) is 0 Å². The van der Waals surface area contributed by atoms with Crippen molar-refractivity contribution in [1.82, 2.24) is 4.98 Å². The van der Waals surface area contributed by atoms with Crippen LogP contribution in [0.4, 0.5) is 5.13 Å². The maximum atomic E-state index is 12.6. The Kier molecular flexibility index (Phi) is 5.68. The van der Waals surface area contributed by atoms with Crippen molar-refractivity contribution in [2.24, 2.45) is 0 Å². The van der Waals surface area contributed by atoms with E-state index in [0.29, 0.717) is 19.6 Å². The molecule has 2 aromatic rings. The first-order valence-electron chi connectivity index (χ1n) is 8.66. The summed E-state index contributed by atoms with van der Waals surface area (Å²) in [5, 5.41) is 0.757. The van der Waals surface area contributed by atoms with Crippen LogP contribution in [-0.2, 0) is 9.53 Å². The lowest BCUT2D eigenvalue weighted by Gasteiger charge is -2.22. The molecule has 1 aliphatic heterocycles. The van der Waals surface area contributed by atoms with Crippen molar-refractivity contribution in [3.8, 4) is 5.75 Å². The van der Waals surface area contributed by atoms with Gasteiger partial charge in [0.1, 0.15) is 5.75 Å². The lowest BCUT2D eigenvalue weighted by Crippen LogP contribution is -2.37. The zero-order chi connectivity index (χ0) is 16.9. The number of ether oxygens (including phenoxy) is 2. The minimum Gasteiger partial charge on any atom is -0.494 e. The average molecular weight is 348 g/mol. The summed E-state index contributed by atoms with van der Waals surface area (Å²) in [6.45, 7) is 6.01. The van der Waals surface area contributed by atoms with Crippen LogP contribution in [0.15, 0.2) is 18.2 Å². The van der Waals surface area contributed by atoms with Crippen molar-refractivity contribution in [1.29, 1.82) is 0 Å². The van der Waals surface area contributed by atoms with Gasteiger partial charge in [-0.1, -0.05) is 18.3 Å². The Balaban J connectivity index is 1.87. The molecule has 130 valence electrons. The van der Waals surface area contributed by atoms with Gasteiger partial charge in [-0.3, -0.25) is 9.69 Å².